The maximum atomic E-state index is 13.0. The molecular weight excluding hydrogens is 482 g/mol. The van der Waals surface area contributed by atoms with Crippen LogP contribution in [0.3, 0.4) is 0 Å². The molecule has 0 bridgehead atoms. The number of rotatable bonds is 4. The van der Waals surface area contributed by atoms with Gasteiger partial charge in [-0.25, -0.2) is 0 Å². The molecule has 0 heterocycles. The molecular formula is C19H12Cl4O5S. The second kappa shape index (κ2) is 7.87. The molecule has 0 aliphatic carbocycles. The van der Waals surface area contributed by atoms with Crippen LogP contribution in [0.25, 0.3) is 0 Å². The van der Waals surface area contributed by atoms with Crippen LogP contribution in [-0.4, -0.2) is 23.2 Å². The normalized spacial score (nSPS) is 13.8. The summed E-state index contributed by atoms with van der Waals surface area (Å²) >= 11 is 24.3. The third-order valence-corrected chi connectivity index (χ3v) is 6.96. The van der Waals surface area contributed by atoms with Crippen molar-refractivity contribution in [2.75, 3.05) is 0 Å². The number of halogens is 4. The van der Waals surface area contributed by atoms with E-state index in [0.29, 0.717) is 0 Å². The van der Waals surface area contributed by atoms with Crippen LogP contribution in [-0.2, 0) is 14.9 Å². The number of aromatic hydroxyl groups is 2. The van der Waals surface area contributed by atoms with Crippen molar-refractivity contribution in [2.45, 2.75) is 4.75 Å². The molecule has 0 saturated heterocycles. The summed E-state index contributed by atoms with van der Waals surface area (Å²) in [5.74, 6) is -1.40. The van der Waals surface area contributed by atoms with Gasteiger partial charge in [0.25, 0.3) is 10.1 Å². The SMILES string of the molecule is O=S(=O)(O)C(c1ccc(Cl)cc1)(c1cc(Cl)ccc1Cl)c1c(O)ccc(Cl)c1O. The van der Waals surface area contributed by atoms with E-state index < -0.39 is 31.9 Å². The van der Waals surface area contributed by atoms with E-state index in [1.807, 2.05) is 0 Å². The minimum atomic E-state index is -5.16. The van der Waals surface area contributed by atoms with Gasteiger partial charge in [0, 0.05) is 20.6 Å². The van der Waals surface area contributed by atoms with Crippen molar-refractivity contribution in [3.63, 3.8) is 0 Å². The predicted octanol–water partition coefficient (Wildman–Crippen LogP) is 5.89. The fourth-order valence-corrected chi connectivity index (χ4v) is 5.32. The van der Waals surface area contributed by atoms with Crippen LogP contribution in [0, 0.1) is 0 Å². The van der Waals surface area contributed by atoms with Crippen LogP contribution < -0.4 is 0 Å². The van der Waals surface area contributed by atoms with Crippen molar-refractivity contribution in [1.29, 1.82) is 0 Å². The highest BCUT2D eigenvalue weighted by Crippen LogP contribution is 2.53. The summed E-state index contributed by atoms with van der Waals surface area (Å²) < 4.78 is 33.9. The summed E-state index contributed by atoms with van der Waals surface area (Å²) in [7, 11) is -5.16. The number of benzene rings is 3. The first kappa shape index (κ1) is 22.0. The zero-order chi connectivity index (χ0) is 21.6. The quantitative estimate of drug-likeness (QED) is 0.311. The molecule has 0 amide bonds. The van der Waals surface area contributed by atoms with Gasteiger partial charge < -0.3 is 10.2 Å². The average molecular weight is 494 g/mol. The van der Waals surface area contributed by atoms with Crippen LogP contribution in [0.1, 0.15) is 16.7 Å². The van der Waals surface area contributed by atoms with Crippen molar-refractivity contribution >= 4 is 56.5 Å². The van der Waals surface area contributed by atoms with Crippen molar-refractivity contribution in [3.8, 4) is 11.5 Å². The summed E-state index contributed by atoms with van der Waals surface area (Å²) in [5.41, 5.74) is -0.857. The highest BCUT2D eigenvalue weighted by Gasteiger charge is 2.53. The topological polar surface area (TPSA) is 94.8 Å². The van der Waals surface area contributed by atoms with Crippen LogP contribution in [0.4, 0.5) is 0 Å². The van der Waals surface area contributed by atoms with Crippen LogP contribution in [0.5, 0.6) is 11.5 Å². The van der Waals surface area contributed by atoms with E-state index in [2.05, 4.69) is 0 Å². The third kappa shape index (κ3) is 3.65. The summed E-state index contributed by atoms with van der Waals surface area (Å²) in [6, 6.07) is 11.6. The van der Waals surface area contributed by atoms with E-state index in [4.69, 9.17) is 46.4 Å². The third-order valence-electron chi connectivity index (χ3n) is 4.40. The Morgan fingerprint density at radius 1 is 0.759 bits per heavy atom. The Kier molecular flexibility index (Phi) is 5.98. The lowest BCUT2D eigenvalue weighted by Crippen LogP contribution is -2.38. The highest BCUT2D eigenvalue weighted by molar-refractivity contribution is 7.87. The van der Waals surface area contributed by atoms with Gasteiger partial charge >= 0.3 is 0 Å². The Morgan fingerprint density at radius 3 is 1.90 bits per heavy atom. The molecule has 3 aromatic rings. The summed E-state index contributed by atoms with van der Waals surface area (Å²) in [4.78, 5) is 0. The number of phenolic OH excluding ortho intramolecular Hbond substituents is 2. The lowest BCUT2D eigenvalue weighted by molar-refractivity contribution is 0.416. The zero-order valence-electron chi connectivity index (χ0n) is 14.3. The first-order valence-corrected chi connectivity index (χ1v) is 10.8. The van der Waals surface area contributed by atoms with Crippen LogP contribution in [0.15, 0.2) is 54.6 Å². The Labute approximate surface area is 186 Å². The molecule has 0 saturated carbocycles. The van der Waals surface area contributed by atoms with Crippen molar-refractivity contribution < 1.29 is 23.2 Å². The van der Waals surface area contributed by atoms with Gasteiger partial charge in [-0.2, -0.15) is 8.42 Å². The van der Waals surface area contributed by atoms with Gasteiger partial charge in [-0.15, -0.1) is 0 Å². The van der Waals surface area contributed by atoms with E-state index in [1.54, 1.807) is 0 Å². The average Bonchev–Trinajstić information content (AvgIpc) is 2.64. The first-order valence-electron chi connectivity index (χ1n) is 7.89. The molecule has 29 heavy (non-hydrogen) atoms. The molecule has 0 aromatic heterocycles. The minimum Gasteiger partial charge on any atom is -0.507 e. The molecule has 3 N–H and O–H groups in total. The van der Waals surface area contributed by atoms with Gasteiger partial charge in [0.2, 0.25) is 0 Å². The molecule has 0 radical (unpaired) electrons. The molecule has 0 aliphatic rings. The highest BCUT2D eigenvalue weighted by atomic mass is 35.5. The fraction of sp³-hybridized carbons (Fsp3) is 0.0526. The molecule has 10 heteroatoms. The number of hydrogen-bond donors (Lipinski definition) is 3. The second-order valence-corrected chi connectivity index (χ2v) is 9.33. The van der Waals surface area contributed by atoms with E-state index in [1.165, 1.54) is 48.5 Å². The van der Waals surface area contributed by atoms with Crippen molar-refractivity contribution in [2.24, 2.45) is 0 Å². The van der Waals surface area contributed by atoms with Gasteiger partial charge in [-0.1, -0.05) is 58.5 Å². The van der Waals surface area contributed by atoms with Crippen molar-refractivity contribution in [1.82, 2.24) is 0 Å². The molecule has 0 aliphatic heterocycles. The summed E-state index contributed by atoms with van der Waals surface area (Å²) in [6.07, 6.45) is 0. The molecule has 3 aromatic carbocycles. The number of phenols is 2. The smallest absolute Gasteiger partial charge is 0.283 e. The molecule has 0 fully saturated rings. The van der Waals surface area contributed by atoms with Gasteiger partial charge in [0.1, 0.15) is 11.5 Å². The standard InChI is InChI=1S/C19H12Cl4O5S/c20-11-3-1-10(2-4-11)19(29(26,27)28,13-9-12(21)5-6-14(13)22)17-16(24)8-7-15(23)18(17)25/h1-9,24-25H,(H,26,27,28). The monoisotopic (exact) mass is 492 g/mol. The maximum absolute atomic E-state index is 13.0. The van der Waals surface area contributed by atoms with Crippen LogP contribution in [0.2, 0.25) is 20.1 Å². The number of hydrogen-bond acceptors (Lipinski definition) is 4. The Hall–Kier alpha value is -1.67. The summed E-state index contributed by atoms with van der Waals surface area (Å²) in [5, 5.41) is 21.2. The first-order chi connectivity index (χ1) is 13.5. The molecule has 1 unspecified atom stereocenters. The van der Waals surface area contributed by atoms with E-state index >= 15 is 0 Å². The van der Waals surface area contributed by atoms with Crippen molar-refractivity contribution in [3.05, 3.63) is 91.4 Å². The molecule has 0 spiro atoms. The maximum Gasteiger partial charge on any atom is 0.283 e. The lowest BCUT2D eigenvalue weighted by Gasteiger charge is -2.34. The van der Waals surface area contributed by atoms with Gasteiger partial charge in [0.15, 0.2) is 4.75 Å². The molecule has 3 rings (SSSR count). The van der Waals surface area contributed by atoms with E-state index in [9.17, 15) is 23.2 Å². The lowest BCUT2D eigenvalue weighted by atomic mass is 9.82. The van der Waals surface area contributed by atoms with Gasteiger partial charge in [0.05, 0.1) is 10.6 Å². The molecule has 5 nitrogen and oxygen atoms in total. The second-order valence-electron chi connectivity index (χ2n) is 6.08. The van der Waals surface area contributed by atoms with E-state index in [-0.39, 0.29) is 31.2 Å². The Morgan fingerprint density at radius 2 is 1.31 bits per heavy atom. The van der Waals surface area contributed by atoms with E-state index in [0.717, 1.165) is 6.07 Å². The van der Waals surface area contributed by atoms with Crippen LogP contribution >= 0.6 is 46.4 Å². The Bertz CT molecular complexity index is 1200. The van der Waals surface area contributed by atoms with Gasteiger partial charge in [-0.05, 0) is 48.0 Å². The zero-order valence-corrected chi connectivity index (χ0v) is 18.1. The summed E-state index contributed by atoms with van der Waals surface area (Å²) in [6.45, 7) is 0. The molecule has 1 atom stereocenters. The largest absolute Gasteiger partial charge is 0.507 e. The predicted molar refractivity (Wildman–Crippen MR) is 114 cm³/mol. The molecule has 152 valence electrons. The minimum absolute atomic E-state index is 0.0681. The van der Waals surface area contributed by atoms with Gasteiger partial charge in [-0.3, -0.25) is 4.55 Å². The fourth-order valence-electron chi connectivity index (χ4n) is 3.21. The Balaban J connectivity index is 2.65.